The fraction of sp³-hybridized carbons (Fsp3) is 0.238. The molecular weight excluding hydrogens is 359 g/mol. The van der Waals surface area contributed by atoms with E-state index in [1.54, 1.807) is 12.1 Å². The van der Waals surface area contributed by atoms with Crippen molar-refractivity contribution in [3.8, 4) is 5.88 Å². The molecule has 1 atom stereocenters. The Morgan fingerprint density at radius 1 is 1.36 bits per heavy atom. The first-order valence-electron chi connectivity index (χ1n) is 9.16. The van der Waals surface area contributed by atoms with Crippen molar-refractivity contribution < 1.29 is 14.3 Å². The number of H-pyrrole nitrogens is 1. The SMILES string of the molecule is CC(=O)NC1CCN(c2ccc(N=Cc3c(O)[nH]c4ccccc34)cc2F)C1. The van der Waals surface area contributed by atoms with Crippen molar-refractivity contribution in [2.24, 2.45) is 4.99 Å². The van der Waals surface area contributed by atoms with E-state index >= 15 is 0 Å². The fourth-order valence-corrected chi connectivity index (χ4v) is 3.64. The van der Waals surface area contributed by atoms with Gasteiger partial charge < -0.3 is 20.3 Å². The van der Waals surface area contributed by atoms with Crippen LogP contribution < -0.4 is 10.2 Å². The number of carbonyl (C=O) groups is 1. The number of benzene rings is 2. The van der Waals surface area contributed by atoms with Crippen molar-refractivity contribution >= 4 is 34.4 Å². The molecule has 0 aliphatic carbocycles. The molecule has 1 aromatic heterocycles. The molecule has 1 aliphatic rings. The molecule has 0 radical (unpaired) electrons. The summed E-state index contributed by atoms with van der Waals surface area (Å²) in [6.07, 6.45) is 2.32. The van der Waals surface area contributed by atoms with Gasteiger partial charge in [0.1, 0.15) is 5.82 Å². The zero-order valence-corrected chi connectivity index (χ0v) is 15.4. The van der Waals surface area contributed by atoms with E-state index in [4.69, 9.17) is 0 Å². The van der Waals surface area contributed by atoms with E-state index in [0.717, 1.165) is 17.3 Å². The zero-order chi connectivity index (χ0) is 19.7. The molecule has 28 heavy (non-hydrogen) atoms. The molecule has 1 amide bonds. The van der Waals surface area contributed by atoms with Gasteiger partial charge in [-0.3, -0.25) is 9.79 Å². The highest BCUT2D eigenvalue weighted by molar-refractivity contribution is 6.02. The van der Waals surface area contributed by atoms with Gasteiger partial charge in [-0.15, -0.1) is 0 Å². The van der Waals surface area contributed by atoms with Gasteiger partial charge in [-0.05, 0) is 24.6 Å². The molecule has 4 rings (SSSR count). The lowest BCUT2D eigenvalue weighted by Crippen LogP contribution is -2.35. The molecule has 1 aliphatic heterocycles. The number of halogens is 1. The number of nitrogens with one attached hydrogen (secondary N) is 2. The average molecular weight is 380 g/mol. The molecule has 7 heteroatoms. The number of hydrogen-bond donors (Lipinski definition) is 3. The highest BCUT2D eigenvalue weighted by Crippen LogP contribution is 2.29. The van der Waals surface area contributed by atoms with Crippen molar-refractivity contribution in [3.05, 3.63) is 53.8 Å². The predicted octanol–water partition coefficient (Wildman–Crippen LogP) is 3.48. The zero-order valence-electron chi connectivity index (χ0n) is 15.4. The molecule has 2 heterocycles. The number of nitrogens with zero attached hydrogens (tertiary/aromatic N) is 2. The van der Waals surface area contributed by atoms with Crippen LogP contribution in [0.2, 0.25) is 0 Å². The minimum absolute atomic E-state index is 0.0307. The standard InChI is InChI=1S/C21H21FN4O2/c1-13(27)24-15-8-9-26(12-15)20-7-6-14(10-18(20)22)23-11-17-16-4-2-3-5-19(16)25-21(17)28/h2-7,10-11,15,25,28H,8-9,12H2,1H3,(H,24,27). The number of fused-ring (bicyclic) bond motifs is 1. The molecule has 0 bridgehead atoms. The van der Waals surface area contributed by atoms with E-state index in [9.17, 15) is 14.3 Å². The summed E-state index contributed by atoms with van der Waals surface area (Å²) in [5, 5.41) is 13.8. The molecule has 1 saturated heterocycles. The van der Waals surface area contributed by atoms with Gasteiger partial charge in [0.2, 0.25) is 5.91 Å². The predicted molar refractivity (Wildman–Crippen MR) is 108 cm³/mol. The lowest BCUT2D eigenvalue weighted by Gasteiger charge is -2.19. The maximum atomic E-state index is 14.6. The van der Waals surface area contributed by atoms with E-state index < -0.39 is 0 Å². The maximum Gasteiger partial charge on any atom is 0.217 e. The second-order valence-corrected chi connectivity index (χ2v) is 6.96. The number of aromatic nitrogens is 1. The summed E-state index contributed by atoms with van der Waals surface area (Å²) in [5.41, 5.74) is 2.34. The summed E-state index contributed by atoms with van der Waals surface area (Å²) in [4.78, 5) is 20.3. The van der Waals surface area contributed by atoms with E-state index in [2.05, 4.69) is 15.3 Å². The number of anilines is 1. The molecule has 3 aromatic rings. The highest BCUT2D eigenvalue weighted by atomic mass is 19.1. The van der Waals surface area contributed by atoms with Gasteiger partial charge in [0.25, 0.3) is 0 Å². The van der Waals surface area contributed by atoms with Gasteiger partial charge >= 0.3 is 0 Å². The molecule has 1 unspecified atom stereocenters. The topological polar surface area (TPSA) is 80.7 Å². The maximum absolute atomic E-state index is 14.6. The first kappa shape index (κ1) is 18.0. The number of aliphatic imine (C=N–C) groups is 1. The quantitative estimate of drug-likeness (QED) is 0.606. The molecule has 1 fully saturated rings. The lowest BCUT2D eigenvalue weighted by molar-refractivity contribution is -0.119. The molecule has 3 N–H and O–H groups in total. The van der Waals surface area contributed by atoms with E-state index in [-0.39, 0.29) is 23.6 Å². The van der Waals surface area contributed by atoms with Gasteiger partial charge in [0.15, 0.2) is 5.88 Å². The third kappa shape index (κ3) is 3.55. The monoisotopic (exact) mass is 380 g/mol. The third-order valence-electron chi connectivity index (χ3n) is 4.94. The minimum atomic E-state index is -0.360. The number of amides is 1. The molecule has 144 valence electrons. The van der Waals surface area contributed by atoms with Crippen LogP contribution in [0.5, 0.6) is 5.88 Å². The van der Waals surface area contributed by atoms with Crippen molar-refractivity contribution in [1.29, 1.82) is 0 Å². The van der Waals surface area contributed by atoms with Gasteiger partial charge in [0.05, 0.1) is 16.9 Å². The van der Waals surface area contributed by atoms with E-state index in [1.807, 2.05) is 29.2 Å². The van der Waals surface area contributed by atoms with Gasteiger partial charge in [-0.25, -0.2) is 4.39 Å². The second-order valence-electron chi connectivity index (χ2n) is 6.96. The summed E-state index contributed by atoms with van der Waals surface area (Å²) in [5.74, 6) is -0.401. The minimum Gasteiger partial charge on any atom is -0.494 e. The van der Waals surface area contributed by atoms with Gasteiger partial charge in [0, 0.05) is 49.2 Å². The Bertz CT molecular complexity index is 1060. The summed E-state index contributed by atoms with van der Waals surface area (Å²) in [6.45, 7) is 2.76. The number of hydrogen-bond acceptors (Lipinski definition) is 4. The van der Waals surface area contributed by atoms with Crippen molar-refractivity contribution in [2.45, 2.75) is 19.4 Å². The van der Waals surface area contributed by atoms with Crippen LogP contribution in [0.1, 0.15) is 18.9 Å². The van der Waals surface area contributed by atoms with Crippen molar-refractivity contribution in [2.75, 3.05) is 18.0 Å². The Hall–Kier alpha value is -3.35. The Balaban J connectivity index is 1.53. The van der Waals surface area contributed by atoms with Crippen LogP contribution in [0.4, 0.5) is 15.8 Å². The third-order valence-corrected chi connectivity index (χ3v) is 4.94. The summed E-state index contributed by atoms with van der Waals surface area (Å²) >= 11 is 0. The normalized spacial score (nSPS) is 16.9. The molecular formula is C21H21FN4O2. The number of aromatic hydroxyl groups is 1. The van der Waals surface area contributed by atoms with Crippen LogP contribution in [0, 0.1) is 5.82 Å². The Labute approximate surface area is 161 Å². The summed E-state index contributed by atoms with van der Waals surface area (Å²) in [6, 6.07) is 12.4. The van der Waals surface area contributed by atoms with Crippen molar-refractivity contribution in [3.63, 3.8) is 0 Å². The molecule has 6 nitrogen and oxygen atoms in total. The van der Waals surface area contributed by atoms with Crippen LogP contribution >= 0.6 is 0 Å². The number of aromatic amines is 1. The largest absolute Gasteiger partial charge is 0.494 e. The first-order chi connectivity index (χ1) is 13.5. The van der Waals surface area contributed by atoms with E-state index in [1.165, 1.54) is 19.2 Å². The summed E-state index contributed by atoms with van der Waals surface area (Å²) in [7, 11) is 0. The Kier molecular flexibility index (Phi) is 4.73. The Morgan fingerprint density at radius 2 is 2.18 bits per heavy atom. The van der Waals surface area contributed by atoms with Crippen LogP contribution in [-0.2, 0) is 4.79 Å². The van der Waals surface area contributed by atoms with Crippen LogP contribution in [0.3, 0.4) is 0 Å². The average Bonchev–Trinajstić information content (AvgIpc) is 3.23. The first-order valence-corrected chi connectivity index (χ1v) is 9.16. The smallest absolute Gasteiger partial charge is 0.217 e. The Morgan fingerprint density at radius 3 is 2.96 bits per heavy atom. The number of rotatable bonds is 4. The lowest BCUT2D eigenvalue weighted by atomic mass is 10.2. The summed E-state index contributed by atoms with van der Waals surface area (Å²) < 4.78 is 14.6. The van der Waals surface area contributed by atoms with Gasteiger partial charge in [-0.1, -0.05) is 18.2 Å². The molecule has 0 spiro atoms. The van der Waals surface area contributed by atoms with Crippen LogP contribution in [0.15, 0.2) is 47.5 Å². The molecule has 2 aromatic carbocycles. The fourth-order valence-electron chi connectivity index (χ4n) is 3.64. The highest BCUT2D eigenvalue weighted by Gasteiger charge is 2.25. The van der Waals surface area contributed by atoms with Gasteiger partial charge in [-0.2, -0.15) is 0 Å². The number of carbonyl (C=O) groups excluding carboxylic acids is 1. The van der Waals surface area contributed by atoms with Crippen molar-refractivity contribution in [1.82, 2.24) is 10.3 Å². The number of para-hydroxylation sites is 1. The van der Waals surface area contributed by atoms with Crippen LogP contribution in [-0.4, -0.2) is 41.3 Å². The van der Waals surface area contributed by atoms with E-state index in [0.29, 0.717) is 30.0 Å². The second kappa shape index (κ2) is 7.34. The van der Waals surface area contributed by atoms with Crippen LogP contribution in [0.25, 0.3) is 10.9 Å². The molecule has 0 saturated carbocycles.